The first-order valence-electron chi connectivity index (χ1n) is 6.67. The molecule has 0 aliphatic carbocycles. The molecule has 0 atom stereocenters. The lowest BCUT2D eigenvalue weighted by Crippen LogP contribution is -1.82. The molecule has 0 fully saturated rings. The number of hydrogen-bond donors (Lipinski definition) is 0. The van der Waals surface area contributed by atoms with Crippen LogP contribution in [0.2, 0.25) is 0 Å². The molecule has 1 rings (SSSR count). The van der Waals surface area contributed by atoms with Gasteiger partial charge in [-0.1, -0.05) is 72.8 Å². The molecule has 0 aliphatic heterocycles. The van der Waals surface area contributed by atoms with Crippen LogP contribution in [-0.2, 0) is 0 Å². The first-order chi connectivity index (χ1) is 8.25. The van der Waals surface area contributed by atoms with E-state index in [9.17, 15) is 0 Å². The van der Waals surface area contributed by atoms with Crippen LogP contribution in [0.25, 0.3) is 5.57 Å². The summed E-state index contributed by atoms with van der Waals surface area (Å²) < 4.78 is 1.19. The van der Waals surface area contributed by atoms with Gasteiger partial charge in [0.05, 0.1) is 0 Å². The van der Waals surface area contributed by atoms with Gasteiger partial charge in [0.15, 0.2) is 0 Å². The Morgan fingerprint density at radius 2 is 1.82 bits per heavy atom. The summed E-state index contributed by atoms with van der Waals surface area (Å²) in [5.41, 5.74) is 2.70. The van der Waals surface area contributed by atoms with Gasteiger partial charge in [-0.25, -0.2) is 0 Å². The summed E-state index contributed by atoms with van der Waals surface area (Å²) in [7, 11) is 0. The van der Waals surface area contributed by atoms with E-state index < -0.39 is 0 Å². The monoisotopic (exact) mass is 294 g/mol. The molecular formula is C16H23Br. The average molecular weight is 295 g/mol. The zero-order chi connectivity index (χ0) is 12.5. The molecule has 0 N–H and O–H groups in total. The third kappa shape index (κ3) is 5.54. The average Bonchev–Trinajstić information content (AvgIpc) is 2.34. The van der Waals surface area contributed by atoms with E-state index in [1.165, 1.54) is 54.1 Å². The Morgan fingerprint density at radius 1 is 1.12 bits per heavy atom. The highest BCUT2D eigenvalue weighted by Gasteiger charge is 1.99. The van der Waals surface area contributed by atoms with Gasteiger partial charge in [-0.3, -0.25) is 0 Å². The number of hydrogen-bond acceptors (Lipinski definition) is 0. The van der Waals surface area contributed by atoms with Crippen molar-refractivity contribution >= 4 is 21.5 Å². The number of allylic oxidation sites excluding steroid dienone is 2. The third-order valence-corrected chi connectivity index (χ3v) is 3.75. The maximum Gasteiger partial charge on any atom is 0.0250 e. The molecule has 0 amide bonds. The number of halogens is 1. The molecule has 0 nitrogen and oxygen atoms in total. The summed E-state index contributed by atoms with van der Waals surface area (Å²) in [6.45, 7) is 4.46. The number of unbranched alkanes of at least 4 members (excludes halogenated alkanes) is 5. The Morgan fingerprint density at radius 3 is 2.53 bits per heavy atom. The van der Waals surface area contributed by atoms with Crippen molar-refractivity contribution in [3.05, 3.63) is 40.4 Å². The van der Waals surface area contributed by atoms with Gasteiger partial charge in [0.2, 0.25) is 0 Å². The van der Waals surface area contributed by atoms with Crippen LogP contribution < -0.4 is 0 Å². The topological polar surface area (TPSA) is 0 Å². The van der Waals surface area contributed by atoms with Crippen LogP contribution in [0.4, 0.5) is 0 Å². The van der Waals surface area contributed by atoms with Crippen molar-refractivity contribution in [1.29, 1.82) is 0 Å². The van der Waals surface area contributed by atoms with E-state index in [-0.39, 0.29) is 0 Å². The Balaban J connectivity index is 2.37. The molecule has 0 saturated carbocycles. The quantitative estimate of drug-likeness (QED) is 0.524. The normalized spacial score (nSPS) is 11.8. The zero-order valence-corrected chi connectivity index (χ0v) is 12.6. The minimum absolute atomic E-state index is 1.19. The van der Waals surface area contributed by atoms with Crippen LogP contribution in [0, 0.1) is 0 Å². The number of benzene rings is 1. The molecule has 0 heterocycles. The zero-order valence-electron chi connectivity index (χ0n) is 11.0. The maximum absolute atomic E-state index is 3.60. The van der Waals surface area contributed by atoms with E-state index in [1.807, 2.05) is 0 Å². The van der Waals surface area contributed by atoms with E-state index in [1.54, 1.807) is 0 Å². The molecule has 1 aromatic carbocycles. The fourth-order valence-electron chi connectivity index (χ4n) is 1.96. The van der Waals surface area contributed by atoms with Gasteiger partial charge < -0.3 is 0 Å². The van der Waals surface area contributed by atoms with Crippen molar-refractivity contribution in [2.24, 2.45) is 0 Å². The second kappa shape index (κ2) is 8.52. The van der Waals surface area contributed by atoms with Crippen molar-refractivity contribution in [3.63, 3.8) is 0 Å². The van der Waals surface area contributed by atoms with Gasteiger partial charge in [0.1, 0.15) is 0 Å². The summed E-state index contributed by atoms with van der Waals surface area (Å²) in [6.07, 6.45) is 10.4. The van der Waals surface area contributed by atoms with E-state index in [0.717, 1.165) is 0 Å². The minimum atomic E-state index is 1.19. The molecule has 0 aliphatic rings. The first kappa shape index (κ1) is 14.5. The molecule has 17 heavy (non-hydrogen) atoms. The van der Waals surface area contributed by atoms with Crippen LogP contribution in [-0.4, -0.2) is 0 Å². The molecule has 1 heteroatoms. The van der Waals surface area contributed by atoms with Gasteiger partial charge in [-0.15, -0.1) is 0 Å². The summed E-state index contributed by atoms with van der Waals surface area (Å²) in [5.74, 6) is 0. The maximum atomic E-state index is 3.60. The Kier molecular flexibility index (Phi) is 7.27. The van der Waals surface area contributed by atoms with Crippen LogP contribution in [0.3, 0.4) is 0 Å². The highest BCUT2D eigenvalue weighted by atomic mass is 79.9. The number of rotatable bonds is 7. The summed E-state index contributed by atoms with van der Waals surface area (Å²) in [6, 6.07) is 8.44. The Hall–Kier alpha value is -0.560. The second-order valence-electron chi connectivity index (χ2n) is 4.57. The third-order valence-electron chi connectivity index (χ3n) is 3.06. The van der Waals surface area contributed by atoms with Crippen LogP contribution in [0.1, 0.15) is 57.9 Å². The fourth-order valence-corrected chi connectivity index (χ4v) is 2.55. The van der Waals surface area contributed by atoms with Crippen molar-refractivity contribution in [2.75, 3.05) is 0 Å². The van der Waals surface area contributed by atoms with Crippen LogP contribution in [0.15, 0.2) is 34.8 Å². The van der Waals surface area contributed by atoms with Gasteiger partial charge in [-0.2, -0.15) is 0 Å². The van der Waals surface area contributed by atoms with E-state index in [0.29, 0.717) is 0 Å². The Labute approximate surface area is 114 Å². The van der Waals surface area contributed by atoms with Crippen molar-refractivity contribution < 1.29 is 0 Å². The summed E-state index contributed by atoms with van der Waals surface area (Å²) in [5, 5.41) is 0. The lowest BCUT2D eigenvalue weighted by molar-refractivity contribution is 0.637. The standard InChI is InChI=1S/C16H23Br/c1-3-4-5-6-7-8-11-14(2)15-12-9-10-13-16(15)17/h9-13H,3-8H2,1-2H3/b14-11+. The first-order valence-corrected chi connectivity index (χ1v) is 7.46. The van der Waals surface area contributed by atoms with Crippen LogP contribution >= 0.6 is 15.9 Å². The van der Waals surface area contributed by atoms with Crippen molar-refractivity contribution in [2.45, 2.75) is 52.4 Å². The predicted octanol–water partition coefficient (Wildman–Crippen LogP) is 6.21. The molecular weight excluding hydrogens is 272 g/mol. The van der Waals surface area contributed by atoms with Crippen LogP contribution in [0.5, 0.6) is 0 Å². The molecule has 0 radical (unpaired) electrons. The van der Waals surface area contributed by atoms with E-state index >= 15 is 0 Å². The molecule has 0 aromatic heterocycles. The largest absolute Gasteiger partial charge is 0.0810 e. The molecule has 0 unspecified atom stereocenters. The molecule has 1 aromatic rings. The predicted molar refractivity (Wildman–Crippen MR) is 81.2 cm³/mol. The molecule has 0 bridgehead atoms. The highest BCUT2D eigenvalue weighted by Crippen LogP contribution is 2.24. The van der Waals surface area contributed by atoms with Crippen molar-refractivity contribution in [3.8, 4) is 0 Å². The molecule has 0 saturated heterocycles. The SMILES string of the molecule is CCCCCCC/C=C(\C)c1ccccc1Br. The van der Waals surface area contributed by atoms with Gasteiger partial charge in [0, 0.05) is 4.47 Å². The lowest BCUT2D eigenvalue weighted by atomic mass is 10.0. The Bertz CT molecular complexity index is 352. The van der Waals surface area contributed by atoms with Crippen molar-refractivity contribution in [1.82, 2.24) is 0 Å². The summed E-state index contributed by atoms with van der Waals surface area (Å²) in [4.78, 5) is 0. The van der Waals surface area contributed by atoms with Gasteiger partial charge in [0.25, 0.3) is 0 Å². The van der Waals surface area contributed by atoms with E-state index in [4.69, 9.17) is 0 Å². The molecule has 0 spiro atoms. The van der Waals surface area contributed by atoms with Gasteiger partial charge in [-0.05, 0) is 37.0 Å². The fraction of sp³-hybridized carbons (Fsp3) is 0.500. The van der Waals surface area contributed by atoms with E-state index in [2.05, 4.69) is 60.1 Å². The summed E-state index contributed by atoms with van der Waals surface area (Å²) >= 11 is 3.60. The lowest BCUT2D eigenvalue weighted by Gasteiger charge is -2.04. The smallest absolute Gasteiger partial charge is 0.0250 e. The molecule has 94 valence electrons. The van der Waals surface area contributed by atoms with Gasteiger partial charge >= 0.3 is 0 Å². The second-order valence-corrected chi connectivity index (χ2v) is 5.42. The minimum Gasteiger partial charge on any atom is -0.0810 e. The highest BCUT2D eigenvalue weighted by molar-refractivity contribution is 9.10.